The lowest BCUT2D eigenvalue weighted by molar-refractivity contribution is 0.169. The van der Waals surface area contributed by atoms with E-state index in [1.807, 2.05) is 36.4 Å². The SMILES string of the molecule is Cc1ccc2c(c1)c(-c1ccccc1)c(-c1ccccc1)n2CC(O)CNc1ccccc1. The second-order valence-corrected chi connectivity index (χ2v) is 8.49. The summed E-state index contributed by atoms with van der Waals surface area (Å²) in [6.07, 6.45) is -0.548. The Labute approximate surface area is 195 Å². The van der Waals surface area contributed by atoms with Crippen molar-refractivity contribution in [3.8, 4) is 22.4 Å². The molecule has 0 fully saturated rings. The summed E-state index contributed by atoms with van der Waals surface area (Å²) in [4.78, 5) is 0. The fraction of sp³-hybridized carbons (Fsp3) is 0.133. The third kappa shape index (κ3) is 4.41. The summed E-state index contributed by atoms with van der Waals surface area (Å²) in [6.45, 7) is 3.10. The topological polar surface area (TPSA) is 37.2 Å². The second kappa shape index (κ2) is 9.35. The molecule has 0 bridgehead atoms. The zero-order chi connectivity index (χ0) is 22.6. The van der Waals surface area contributed by atoms with Crippen LogP contribution in [-0.4, -0.2) is 22.3 Å². The average Bonchev–Trinajstić information content (AvgIpc) is 3.17. The number of para-hydroxylation sites is 1. The number of aryl methyl sites for hydroxylation is 1. The summed E-state index contributed by atoms with van der Waals surface area (Å²) in [6, 6.07) is 37.7. The van der Waals surface area contributed by atoms with Gasteiger partial charge in [0.1, 0.15) is 0 Å². The van der Waals surface area contributed by atoms with Crippen molar-refractivity contribution in [2.75, 3.05) is 11.9 Å². The van der Waals surface area contributed by atoms with E-state index in [-0.39, 0.29) is 0 Å². The maximum absolute atomic E-state index is 11.0. The first kappa shape index (κ1) is 21.0. The zero-order valence-electron chi connectivity index (χ0n) is 18.8. The Kier molecular flexibility index (Phi) is 5.97. The number of hydrogen-bond acceptors (Lipinski definition) is 2. The number of nitrogens with one attached hydrogen (secondary N) is 1. The Balaban J connectivity index is 1.63. The summed E-state index contributed by atoms with van der Waals surface area (Å²) in [5, 5.41) is 15.6. The van der Waals surface area contributed by atoms with Crippen molar-refractivity contribution in [2.24, 2.45) is 0 Å². The van der Waals surface area contributed by atoms with Crippen molar-refractivity contribution in [2.45, 2.75) is 19.6 Å². The van der Waals surface area contributed by atoms with Gasteiger partial charge in [-0.2, -0.15) is 0 Å². The number of rotatable bonds is 7. The van der Waals surface area contributed by atoms with E-state index < -0.39 is 6.10 Å². The molecule has 0 radical (unpaired) electrons. The van der Waals surface area contributed by atoms with Gasteiger partial charge in [-0.25, -0.2) is 0 Å². The average molecular weight is 433 g/mol. The number of aliphatic hydroxyl groups excluding tert-OH is 1. The summed E-state index contributed by atoms with van der Waals surface area (Å²) < 4.78 is 2.28. The smallest absolute Gasteiger partial charge is 0.0891 e. The van der Waals surface area contributed by atoms with Crippen LogP contribution in [0.1, 0.15) is 5.56 Å². The molecule has 1 aromatic heterocycles. The first-order valence-electron chi connectivity index (χ1n) is 11.4. The maximum Gasteiger partial charge on any atom is 0.0891 e. The molecule has 5 rings (SSSR count). The minimum absolute atomic E-state index is 0.477. The number of anilines is 1. The molecule has 4 aromatic carbocycles. The standard InChI is InChI=1S/C30H28N2O/c1-22-17-18-28-27(19-22)29(23-11-5-2-6-12-23)30(24-13-7-3-8-14-24)32(28)21-26(33)20-31-25-15-9-4-10-16-25/h2-19,26,31,33H,20-21H2,1H3. The Morgan fingerprint density at radius 2 is 1.36 bits per heavy atom. The molecule has 5 aromatic rings. The normalized spacial score (nSPS) is 12.1. The van der Waals surface area contributed by atoms with E-state index in [1.165, 1.54) is 22.1 Å². The van der Waals surface area contributed by atoms with Crippen molar-refractivity contribution in [1.82, 2.24) is 4.57 Å². The van der Waals surface area contributed by atoms with Crippen LogP contribution in [0.25, 0.3) is 33.3 Å². The lowest BCUT2D eigenvalue weighted by Gasteiger charge is -2.18. The van der Waals surface area contributed by atoms with Crippen LogP contribution in [0.5, 0.6) is 0 Å². The van der Waals surface area contributed by atoms with Gasteiger partial charge < -0.3 is 15.0 Å². The van der Waals surface area contributed by atoms with E-state index in [0.29, 0.717) is 13.1 Å². The summed E-state index contributed by atoms with van der Waals surface area (Å²) >= 11 is 0. The lowest BCUT2D eigenvalue weighted by atomic mass is 9.98. The van der Waals surface area contributed by atoms with Gasteiger partial charge in [-0.3, -0.25) is 0 Å². The lowest BCUT2D eigenvalue weighted by Crippen LogP contribution is -2.25. The fourth-order valence-electron chi connectivity index (χ4n) is 4.52. The predicted octanol–water partition coefficient (Wildman–Crippen LogP) is 6.76. The van der Waals surface area contributed by atoms with Crippen LogP contribution >= 0.6 is 0 Å². The molecule has 33 heavy (non-hydrogen) atoms. The van der Waals surface area contributed by atoms with E-state index >= 15 is 0 Å². The highest BCUT2D eigenvalue weighted by molar-refractivity contribution is 6.04. The van der Waals surface area contributed by atoms with Gasteiger partial charge in [0.25, 0.3) is 0 Å². The highest BCUT2D eigenvalue weighted by atomic mass is 16.3. The molecule has 0 amide bonds. The number of fused-ring (bicyclic) bond motifs is 1. The van der Waals surface area contributed by atoms with Crippen LogP contribution in [0.4, 0.5) is 5.69 Å². The predicted molar refractivity (Wildman–Crippen MR) is 138 cm³/mol. The quantitative estimate of drug-likeness (QED) is 0.298. The van der Waals surface area contributed by atoms with E-state index in [4.69, 9.17) is 0 Å². The molecule has 1 heterocycles. The molecule has 2 N–H and O–H groups in total. The van der Waals surface area contributed by atoms with Gasteiger partial charge in [0.2, 0.25) is 0 Å². The molecule has 1 unspecified atom stereocenters. The van der Waals surface area contributed by atoms with E-state index in [0.717, 1.165) is 22.5 Å². The first-order valence-corrected chi connectivity index (χ1v) is 11.4. The molecule has 164 valence electrons. The van der Waals surface area contributed by atoms with Gasteiger partial charge in [0.15, 0.2) is 0 Å². The monoisotopic (exact) mass is 432 g/mol. The second-order valence-electron chi connectivity index (χ2n) is 8.49. The molecule has 0 spiro atoms. The van der Waals surface area contributed by atoms with Gasteiger partial charge in [-0.15, -0.1) is 0 Å². The highest BCUT2D eigenvalue weighted by Crippen LogP contribution is 2.41. The number of nitrogens with zero attached hydrogens (tertiary/aromatic N) is 1. The van der Waals surface area contributed by atoms with Gasteiger partial charge >= 0.3 is 0 Å². The van der Waals surface area contributed by atoms with Gasteiger partial charge in [-0.1, -0.05) is 90.5 Å². The first-order chi connectivity index (χ1) is 16.2. The number of aliphatic hydroxyl groups is 1. The highest BCUT2D eigenvalue weighted by Gasteiger charge is 2.21. The Bertz CT molecular complexity index is 1340. The molecule has 0 saturated heterocycles. The van der Waals surface area contributed by atoms with E-state index in [9.17, 15) is 5.11 Å². The third-order valence-corrected chi connectivity index (χ3v) is 6.04. The largest absolute Gasteiger partial charge is 0.389 e. The minimum Gasteiger partial charge on any atom is -0.389 e. The molecule has 0 saturated carbocycles. The van der Waals surface area contributed by atoms with Crippen molar-refractivity contribution < 1.29 is 5.11 Å². The molecular weight excluding hydrogens is 404 g/mol. The van der Waals surface area contributed by atoms with E-state index in [2.05, 4.69) is 89.6 Å². The van der Waals surface area contributed by atoms with Crippen LogP contribution in [-0.2, 0) is 6.54 Å². The molecular formula is C30H28N2O. The third-order valence-electron chi connectivity index (χ3n) is 6.04. The fourth-order valence-corrected chi connectivity index (χ4v) is 4.52. The molecule has 0 aliphatic heterocycles. The van der Waals surface area contributed by atoms with Crippen molar-refractivity contribution in [1.29, 1.82) is 0 Å². The van der Waals surface area contributed by atoms with E-state index in [1.54, 1.807) is 0 Å². The van der Waals surface area contributed by atoms with Crippen LogP contribution in [0.15, 0.2) is 109 Å². The Morgan fingerprint density at radius 1 is 0.758 bits per heavy atom. The summed E-state index contributed by atoms with van der Waals surface area (Å²) in [5.74, 6) is 0. The number of hydrogen-bond donors (Lipinski definition) is 2. The molecule has 0 aliphatic carbocycles. The number of aromatic nitrogens is 1. The van der Waals surface area contributed by atoms with Crippen molar-refractivity contribution in [3.63, 3.8) is 0 Å². The zero-order valence-corrected chi connectivity index (χ0v) is 18.8. The summed E-state index contributed by atoms with van der Waals surface area (Å²) in [5.41, 5.74) is 8.05. The molecule has 3 heteroatoms. The van der Waals surface area contributed by atoms with Gasteiger partial charge in [-0.05, 0) is 42.3 Å². The van der Waals surface area contributed by atoms with Crippen LogP contribution in [0.2, 0.25) is 0 Å². The van der Waals surface area contributed by atoms with Crippen LogP contribution in [0, 0.1) is 6.92 Å². The van der Waals surface area contributed by atoms with Crippen LogP contribution < -0.4 is 5.32 Å². The molecule has 0 aliphatic rings. The van der Waals surface area contributed by atoms with Crippen LogP contribution in [0.3, 0.4) is 0 Å². The van der Waals surface area contributed by atoms with Gasteiger partial charge in [0.05, 0.1) is 18.3 Å². The molecule has 3 nitrogen and oxygen atoms in total. The Morgan fingerprint density at radius 3 is 2.03 bits per heavy atom. The van der Waals surface area contributed by atoms with Gasteiger partial charge in [0, 0.05) is 28.7 Å². The molecule has 1 atom stereocenters. The summed E-state index contributed by atoms with van der Waals surface area (Å²) in [7, 11) is 0. The maximum atomic E-state index is 11.0. The van der Waals surface area contributed by atoms with Crippen molar-refractivity contribution in [3.05, 3.63) is 115 Å². The van der Waals surface area contributed by atoms with Crippen molar-refractivity contribution >= 4 is 16.6 Å². The number of benzene rings is 4. The Hall–Kier alpha value is -3.82. The minimum atomic E-state index is -0.548.